The van der Waals surface area contributed by atoms with Crippen LogP contribution >= 0.6 is 0 Å². The van der Waals surface area contributed by atoms with E-state index in [1.54, 1.807) is 0 Å². The zero-order valence-corrected chi connectivity index (χ0v) is 9.49. The van der Waals surface area contributed by atoms with Gasteiger partial charge in [0.2, 0.25) is 0 Å². The lowest BCUT2D eigenvalue weighted by Crippen LogP contribution is -2.49. The molecule has 14 heavy (non-hydrogen) atoms. The average molecular weight is 198 g/mol. The molecule has 2 atom stereocenters. The Morgan fingerprint density at radius 3 is 2.43 bits per heavy atom. The molecule has 3 heteroatoms. The van der Waals surface area contributed by atoms with Gasteiger partial charge in [-0.25, -0.2) is 0 Å². The third-order valence-electron chi connectivity index (χ3n) is 3.79. The number of hydrogen-bond donors (Lipinski definition) is 1. The van der Waals surface area contributed by atoms with E-state index >= 15 is 0 Å². The quantitative estimate of drug-likeness (QED) is 0.727. The molecule has 2 rings (SSSR count). The third-order valence-corrected chi connectivity index (χ3v) is 3.79. The van der Waals surface area contributed by atoms with Crippen LogP contribution in [0, 0.1) is 0 Å². The van der Waals surface area contributed by atoms with Crippen LogP contribution in [0.3, 0.4) is 0 Å². The second-order valence-electron chi connectivity index (χ2n) is 4.91. The molecule has 0 bridgehead atoms. The van der Waals surface area contributed by atoms with E-state index in [9.17, 15) is 0 Å². The smallest absolute Gasteiger partial charge is 0.0601 e. The molecule has 0 aromatic carbocycles. The Hall–Kier alpha value is -0.120. The molecule has 2 unspecified atom stereocenters. The van der Waals surface area contributed by atoms with Gasteiger partial charge in [-0.3, -0.25) is 0 Å². The van der Waals surface area contributed by atoms with Crippen LogP contribution in [-0.2, 0) is 4.74 Å². The molecular formula is C11H22N2O. The average Bonchev–Trinajstić information content (AvgIpc) is 2.38. The van der Waals surface area contributed by atoms with Gasteiger partial charge in [0.05, 0.1) is 6.10 Å². The molecule has 0 spiro atoms. The topological polar surface area (TPSA) is 24.5 Å². The van der Waals surface area contributed by atoms with Gasteiger partial charge >= 0.3 is 0 Å². The molecule has 1 aliphatic heterocycles. The fraction of sp³-hybridized carbons (Fsp3) is 1.00. The number of rotatable bonds is 3. The summed E-state index contributed by atoms with van der Waals surface area (Å²) in [6, 6.07) is 2.16. The highest BCUT2D eigenvalue weighted by molar-refractivity contribution is 4.92. The van der Waals surface area contributed by atoms with Crippen molar-refractivity contribution in [2.45, 2.75) is 50.4 Å². The van der Waals surface area contributed by atoms with Crippen molar-refractivity contribution in [3.63, 3.8) is 0 Å². The number of hydrogen-bond acceptors (Lipinski definition) is 3. The van der Waals surface area contributed by atoms with Gasteiger partial charge in [-0.05, 0) is 33.2 Å². The number of nitrogens with one attached hydrogen (secondary N) is 1. The van der Waals surface area contributed by atoms with Crippen LogP contribution in [0.1, 0.15) is 26.2 Å². The monoisotopic (exact) mass is 198 g/mol. The van der Waals surface area contributed by atoms with Crippen molar-refractivity contribution in [2.24, 2.45) is 0 Å². The predicted molar refractivity (Wildman–Crippen MR) is 57.5 cm³/mol. The van der Waals surface area contributed by atoms with Gasteiger partial charge in [-0.1, -0.05) is 0 Å². The Labute approximate surface area is 86.8 Å². The van der Waals surface area contributed by atoms with Gasteiger partial charge in [0, 0.05) is 31.8 Å². The van der Waals surface area contributed by atoms with Crippen molar-refractivity contribution in [3.8, 4) is 0 Å². The highest BCUT2D eigenvalue weighted by Gasteiger charge is 2.33. The molecule has 1 N–H and O–H groups in total. The summed E-state index contributed by atoms with van der Waals surface area (Å²) in [5, 5.41) is 3.72. The van der Waals surface area contributed by atoms with E-state index in [0.717, 1.165) is 6.04 Å². The second kappa shape index (κ2) is 4.17. The van der Waals surface area contributed by atoms with E-state index in [2.05, 4.69) is 24.2 Å². The van der Waals surface area contributed by atoms with Gasteiger partial charge in [0.15, 0.2) is 0 Å². The van der Waals surface area contributed by atoms with E-state index < -0.39 is 0 Å². The van der Waals surface area contributed by atoms with Crippen molar-refractivity contribution >= 4 is 0 Å². The van der Waals surface area contributed by atoms with Crippen LogP contribution in [0.15, 0.2) is 0 Å². The maximum absolute atomic E-state index is 5.27. The molecule has 1 heterocycles. The zero-order valence-electron chi connectivity index (χ0n) is 9.49. The van der Waals surface area contributed by atoms with Gasteiger partial charge in [0.25, 0.3) is 0 Å². The van der Waals surface area contributed by atoms with Crippen LogP contribution in [-0.4, -0.2) is 49.8 Å². The fourth-order valence-corrected chi connectivity index (χ4v) is 2.54. The first-order valence-corrected chi connectivity index (χ1v) is 5.68. The molecule has 1 saturated heterocycles. The van der Waals surface area contributed by atoms with Crippen LogP contribution < -0.4 is 5.32 Å². The molecule has 2 fully saturated rings. The number of likely N-dealkylation sites (tertiary alicyclic amines) is 1. The molecule has 1 aliphatic carbocycles. The van der Waals surface area contributed by atoms with Gasteiger partial charge in [0.1, 0.15) is 0 Å². The Morgan fingerprint density at radius 2 is 1.93 bits per heavy atom. The van der Waals surface area contributed by atoms with Crippen LogP contribution in [0.2, 0.25) is 0 Å². The van der Waals surface area contributed by atoms with Crippen molar-refractivity contribution in [1.29, 1.82) is 0 Å². The fourth-order valence-electron chi connectivity index (χ4n) is 2.54. The van der Waals surface area contributed by atoms with Gasteiger partial charge < -0.3 is 15.0 Å². The van der Waals surface area contributed by atoms with Gasteiger partial charge in [-0.2, -0.15) is 0 Å². The summed E-state index contributed by atoms with van der Waals surface area (Å²) >= 11 is 0. The molecule has 0 aromatic heterocycles. The Balaban J connectivity index is 1.68. The van der Waals surface area contributed by atoms with Crippen LogP contribution in [0.5, 0.6) is 0 Å². The maximum atomic E-state index is 5.27. The maximum Gasteiger partial charge on any atom is 0.0601 e. The summed E-state index contributed by atoms with van der Waals surface area (Å²) in [6.45, 7) is 3.51. The lowest BCUT2D eigenvalue weighted by molar-refractivity contribution is 0.0146. The number of methoxy groups -OCH3 is 1. The SMILES string of the molecule is COC1CC(NC2CC(C)N(C)C2)C1. The minimum Gasteiger partial charge on any atom is -0.381 e. The van der Waals surface area contributed by atoms with Crippen molar-refractivity contribution in [2.75, 3.05) is 20.7 Å². The Kier molecular flexibility index (Phi) is 3.10. The minimum absolute atomic E-state index is 0.518. The Bertz CT molecular complexity index is 182. The molecule has 0 aromatic rings. The summed E-state index contributed by atoms with van der Waals surface area (Å²) in [6.07, 6.45) is 4.21. The normalized spacial score (nSPS) is 43.9. The molecule has 0 amide bonds. The molecule has 2 aliphatic rings. The van der Waals surface area contributed by atoms with E-state index in [1.807, 2.05) is 7.11 Å². The van der Waals surface area contributed by atoms with E-state index in [1.165, 1.54) is 25.8 Å². The summed E-state index contributed by atoms with van der Waals surface area (Å²) in [4.78, 5) is 2.43. The first-order valence-electron chi connectivity index (χ1n) is 5.68. The lowest BCUT2D eigenvalue weighted by Gasteiger charge is -2.36. The van der Waals surface area contributed by atoms with Crippen molar-refractivity contribution in [3.05, 3.63) is 0 Å². The second-order valence-corrected chi connectivity index (χ2v) is 4.91. The lowest BCUT2D eigenvalue weighted by atomic mass is 9.88. The number of likely N-dealkylation sites (N-methyl/N-ethyl adjacent to an activating group) is 1. The van der Waals surface area contributed by atoms with Crippen LogP contribution in [0.25, 0.3) is 0 Å². The zero-order chi connectivity index (χ0) is 10.1. The summed E-state index contributed by atoms with van der Waals surface area (Å²) in [7, 11) is 4.03. The van der Waals surface area contributed by atoms with E-state index in [0.29, 0.717) is 18.2 Å². The van der Waals surface area contributed by atoms with Crippen LogP contribution in [0.4, 0.5) is 0 Å². The number of ether oxygens (including phenoxy) is 1. The number of nitrogens with zero attached hydrogens (tertiary/aromatic N) is 1. The first kappa shape index (κ1) is 10.4. The third kappa shape index (κ3) is 2.10. The molecule has 1 saturated carbocycles. The standard InChI is InChI=1S/C11H22N2O/c1-8-4-10(7-13(8)2)12-9-5-11(6-9)14-3/h8-12H,4-7H2,1-3H3. The van der Waals surface area contributed by atoms with E-state index in [4.69, 9.17) is 4.74 Å². The minimum atomic E-state index is 0.518. The van der Waals surface area contributed by atoms with E-state index in [-0.39, 0.29) is 0 Å². The highest BCUT2D eigenvalue weighted by Crippen LogP contribution is 2.25. The molecule has 82 valence electrons. The molecule has 0 radical (unpaired) electrons. The van der Waals surface area contributed by atoms with Crippen molar-refractivity contribution < 1.29 is 4.74 Å². The largest absolute Gasteiger partial charge is 0.381 e. The summed E-state index contributed by atoms with van der Waals surface area (Å²) in [5.41, 5.74) is 0. The van der Waals surface area contributed by atoms with Gasteiger partial charge in [-0.15, -0.1) is 0 Å². The highest BCUT2D eigenvalue weighted by atomic mass is 16.5. The summed E-state index contributed by atoms with van der Waals surface area (Å²) in [5.74, 6) is 0. The first-order chi connectivity index (χ1) is 6.69. The Morgan fingerprint density at radius 1 is 1.21 bits per heavy atom. The predicted octanol–water partition coefficient (Wildman–Crippen LogP) is 0.846. The summed E-state index contributed by atoms with van der Waals surface area (Å²) < 4.78 is 5.27. The molecular weight excluding hydrogens is 176 g/mol. The van der Waals surface area contributed by atoms with Crippen molar-refractivity contribution in [1.82, 2.24) is 10.2 Å². The molecule has 3 nitrogen and oxygen atoms in total.